The highest BCUT2D eigenvalue weighted by Crippen LogP contribution is 2.32. The average Bonchev–Trinajstić information content (AvgIpc) is 3.00. The van der Waals surface area contributed by atoms with Gasteiger partial charge in [-0.25, -0.2) is 15.0 Å². The summed E-state index contributed by atoms with van der Waals surface area (Å²) in [4.78, 5) is 14.8. The molecule has 0 amide bonds. The number of halogens is 1. The summed E-state index contributed by atoms with van der Waals surface area (Å²) in [5.74, 6) is 1.94. The predicted octanol–water partition coefficient (Wildman–Crippen LogP) is 9.61. The minimum absolute atomic E-state index is 0.641. The Hall–Kier alpha value is -4.67. The fraction of sp³-hybridized carbons (Fsp3) is 0. The SMILES string of the molecule is Brc1cccc(-c2nc(-c3ccc(-c4cccc5ccccc45)cc3)nc(-c3ccc4ccccc4c3)n2)c1. The number of hydrogen-bond donors (Lipinski definition) is 0. The van der Waals surface area contributed by atoms with E-state index in [-0.39, 0.29) is 0 Å². The van der Waals surface area contributed by atoms with Gasteiger partial charge in [0.25, 0.3) is 0 Å². The van der Waals surface area contributed by atoms with Gasteiger partial charge in [-0.05, 0) is 50.9 Å². The lowest BCUT2D eigenvalue weighted by atomic mass is 9.97. The monoisotopic (exact) mass is 563 g/mol. The molecule has 6 aromatic carbocycles. The molecule has 0 saturated heterocycles. The Bertz CT molecular complexity index is 1970. The minimum atomic E-state index is 0.641. The molecule has 0 unspecified atom stereocenters. The molecule has 1 aromatic heterocycles. The standard InChI is InChI=1S/C35H22BrN3/c36-30-12-5-11-28(22-30)34-37-33(38-35(39-34)29-20-15-23-7-1-2-9-27(23)21-29)26-18-16-25(17-19-26)32-14-6-10-24-8-3-4-13-31(24)32/h1-22H. The number of benzene rings is 6. The van der Waals surface area contributed by atoms with Crippen molar-refractivity contribution in [1.82, 2.24) is 15.0 Å². The molecule has 7 rings (SSSR count). The van der Waals surface area contributed by atoms with Crippen molar-refractivity contribution in [3.05, 3.63) is 138 Å². The Balaban J connectivity index is 1.35. The summed E-state index contributed by atoms with van der Waals surface area (Å²) in [6.45, 7) is 0. The Kier molecular flexibility index (Phi) is 5.95. The first-order valence-electron chi connectivity index (χ1n) is 12.8. The van der Waals surface area contributed by atoms with Crippen molar-refractivity contribution in [2.45, 2.75) is 0 Å². The largest absolute Gasteiger partial charge is 0.208 e. The summed E-state index contributed by atoms with van der Waals surface area (Å²) in [6.07, 6.45) is 0. The summed E-state index contributed by atoms with van der Waals surface area (Å²) in [5.41, 5.74) is 5.21. The van der Waals surface area contributed by atoms with Crippen molar-refractivity contribution in [2.24, 2.45) is 0 Å². The zero-order chi connectivity index (χ0) is 26.2. The van der Waals surface area contributed by atoms with E-state index in [9.17, 15) is 0 Å². The van der Waals surface area contributed by atoms with Crippen molar-refractivity contribution in [3.8, 4) is 45.3 Å². The molecule has 184 valence electrons. The molecule has 4 heteroatoms. The lowest BCUT2D eigenvalue weighted by Gasteiger charge is -2.10. The van der Waals surface area contributed by atoms with E-state index in [1.54, 1.807) is 0 Å². The first kappa shape index (κ1) is 23.4. The van der Waals surface area contributed by atoms with Gasteiger partial charge in [-0.1, -0.05) is 131 Å². The van der Waals surface area contributed by atoms with Gasteiger partial charge in [0.1, 0.15) is 0 Å². The van der Waals surface area contributed by atoms with Crippen molar-refractivity contribution in [3.63, 3.8) is 0 Å². The Morgan fingerprint density at radius 3 is 1.72 bits per heavy atom. The van der Waals surface area contributed by atoms with Crippen LogP contribution in [0.5, 0.6) is 0 Å². The summed E-state index contributed by atoms with van der Waals surface area (Å²) in [5, 5.41) is 4.81. The molecule has 7 aromatic rings. The molecule has 0 bridgehead atoms. The third-order valence-corrected chi connectivity index (χ3v) is 7.46. The van der Waals surface area contributed by atoms with Gasteiger partial charge in [0.2, 0.25) is 0 Å². The molecule has 0 aliphatic carbocycles. The number of nitrogens with zero attached hydrogens (tertiary/aromatic N) is 3. The average molecular weight is 564 g/mol. The highest BCUT2D eigenvalue weighted by Gasteiger charge is 2.13. The third-order valence-electron chi connectivity index (χ3n) is 6.97. The molecule has 0 fully saturated rings. The predicted molar refractivity (Wildman–Crippen MR) is 164 cm³/mol. The number of aromatic nitrogens is 3. The molecule has 0 saturated carbocycles. The number of rotatable bonds is 4. The lowest BCUT2D eigenvalue weighted by molar-refractivity contribution is 1.07. The molecule has 39 heavy (non-hydrogen) atoms. The zero-order valence-corrected chi connectivity index (χ0v) is 22.5. The zero-order valence-electron chi connectivity index (χ0n) is 20.9. The van der Waals surface area contributed by atoms with Gasteiger partial charge in [-0.2, -0.15) is 0 Å². The summed E-state index contributed by atoms with van der Waals surface area (Å²) >= 11 is 3.59. The fourth-order valence-corrected chi connectivity index (χ4v) is 5.39. The van der Waals surface area contributed by atoms with Gasteiger partial charge in [-0.15, -0.1) is 0 Å². The van der Waals surface area contributed by atoms with Gasteiger partial charge >= 0.3 is 0 Å². The maximum Gasteiger partial charge on any atom is 0.164 e. The molecular weight excluding hydrogens is 542 g/mol. The van der Waals surface area contributed by atoms with Crippen LogP contribution in [0.25, 0.3) is 66.8 Å². The molecule has 0 aliphatic rings. The second kappa shape index (κ2) is 9.90. The topological polar surface area (TPSA) is 38.7 Å². The van der Waals surface area contributed by atoms with Gasteiger partial charge in [0.05, 0.1) is 0 Å². The van der Waals surface area contributed by atoms with Crippen LogP contribution in [-0.4, -0.2) is 15.0 Å². The summed E-state index contributed by atoms with van der Waals surface area (Å²) in [7, 11) is 0. The number of fused-ring (bicyclic) bond motifs is 2. The molecule has 0 atom stereocenters. The second-order valence-electron chi connectivity index (χ2n) is 9.48. The molecule has 3 nitrogen and oxygen atoms in total. The molecule has 0 N–H and O–H groups in total. The minimum Gasteiger partial charge on any atom is -0.208 e. The van der Waals surface area contributed by atoms with Crippen LogP contribution in [-0.2, 0) is 0 Å². The highest BCUT2D eigenvalue weighted by molar-refractivity contribution is 9.10. The van der Waals surface area contributed by atoms with Gasteiger partial charge in [-0.3, -0.25) is 0 Å². The van der Waals surface area contributed by atoms with Crippen LogP contribution >= 0.6 is 15.9 Å². The molecule has 1 heterocycles. The van der Waals surface area contributed by atoms with Crippen LogP contribution in [0.15, 0.2) is 138 Å². The molecular formula is C35H22BrN3. The first-order chi connectivity index (χ1) is 19.2. The van der Waals surface area contributed by atoms with E-state index < -0.39 is 0 Å². The van der Waals surface area contributed by atoms with Crippen LogP contribution in [0.1, 0.15) is 0 Å². The third kappa shape index (κ3) is 4.60. The maximum atomic E-state index is 4.95. The van der Waals surface area contributed by atoms with E-state index in [4.69, 9.17) is 15.0 Å². The smallest absolute Gasteiger partial charge is 0.164 e. The Labute approximate surface area is 235 Å². The van der Waals surface area contributed by atoms with E-state index in [1.807, 2.05) is 24.3 Å². The molecule has 0 spiro atoms. The molecule has 0 radical (unpaired) electrons. The van der Waals surface area contributed by atoms with Crippen molar-refractivity contribution in [1.29, 1.82) is 0 Å². The highest BCUT2D eigenvalue weighted by atomic mass is 79.9. The van der Waals surface area contributed by atoms with E-state index in [0.29, 0.717) is 17.5 Å². The van der Waals surface area contributed by atoms with E-state index in [2.05, 4.69) is 125 Å². The second-order valence-corrected chi connectivity index (χ2v) is 10.4. The normalized spacial score (nSPS) is 11.2. The number of hydrogen-bond acceptors (Lipinski definition) is 3. The van der Waals surface area contributed by atoms with E-state index in [0.717, 1.165) is 32.1 Å². The quantitative estimate of drug-likeness (QED) is 0.214. The Morgan fingerprint density at radius 2 is 0.949 bits per heavy atom. The van der Waals surface area contributed by atoms with E-state index in [1.165, 1.54) is 21.7 Å². The van der Waals surface area contributed by atoms with Crippen LogP contribution in [0.3, 0.4) is 0 Å². The van der Waals surface area contributed by atoms with Gasteiger partial charge < -0.3 is 0 Å². The fourth-order valence-electron chi connectivity index (χ4n) is 5.00. The van der Waals surface area contributed by atoms with Crippen molar-refractivity contribution in [2.75, 3.05) is 0 Å². The van der Waals surface area contributed by atoms with Crippen LogP contribution in [0.4, 0.5) is 0 Å². The van der Waals surface area contributed by atoms with Gasteiger partial charge in [0.15, 0.2) is 17.5 Å². The van der Waals surface area contributed by atoms with Crippen LogP contribution in [0, 0.1) is 0 Å². The maximum absolute atomic E-state index is 4.95. The van der Waals surface area contributed by atoms with Crippen LogP contribution < -0.4 is 0 Å². The van der Waals surface area contributed by atoms with Gasteiger partial charge in [0, 0.05) is 21.2 Å². The van der Waals surface area contributed by atoms with Crippen molar-refractivity contribution >= 4 is 37.5 Å². The Morgan fingerprint density at radius 1 is 0.385 bits per heavy atom. The van der Waals surface area contributed by atoms with Crippen molar-refractivity contribution < 1.29 is 0 Å². The van der Waals surface area contributed by atoms with Crippen LogP contribution in [0.2, 0.25) is 0 Å². The summed E-state index contributed by atoms with van der Waals surface area (Å²) in [6, 6.07) is 46.1. The first-order valence-corrected chi connectivity index (χ1v) is 13.6. The van der Waals surface area contributed by atoms with E-state index >= 15 is 0 Å². The summed E-state index contributed by atoms with van der Waals surface area (Å²) < 4.78 is 0.980. The lowest BCUT2D eigenvalue weighted by Crippen LogP contribution is -2.00. The molecule has 0 aliphatic heterocycles.